The van der Waals surface area contributed by atoms with Gasteiger partial charge in [0.1, 0.15) is 0 Å². The van der Waals surface area contributed by atoms with Crippen LogP contribution in [0.3, 0.4) is 0 Å². The van der Waals surface area contributed by atoms with Crippen molar-refractivity contribution in [2.24, 2.45) is 7.05 Å². The normalized spacial score (nSPS) is 10.4. The van der Waals surface area contributed by atoms with E-state index in [4.69, 9.17) is 4.74 Å². The molecule has 0 radical (unpaired) electrons. The van der Waals surface area contributed by atoms with Gasteiger partial charge in [0.25, 0.3) is 0 Å². The molecule has 0 fully saturated rings. The number of benzene rings is 1. The standard InChI is InChI=1S/C18H22N2O3/c1-5-23-18(22)14-6-8-15(9-7-14)19-11-17(21)16-10-12(2)20(4)13(16)3/h6-10,19H,5,11H2,1-4H3. The van der Waals surface area contributed by atoms with E-state index in [1.54, 1.807) is 31.2 Å². The number of nitrogens with zero attached hydrogens (tertiary/aromatic N) is 1. The number of ketones is 1. The van der Waals surface area contributed by atoms with Crippen molar-refractivity contribution in [3.05, 3.63) is 52.8 Å². The molecule has 2 aromatic rings. The zero-order valence-corrected chi connectivity index (χ0v) is 14.0. The van der Waals surface area contributed by atoms with Gasteiger partial charge in [-0.1, -0.05) is 0 Å². The van der Waals surface area contributed by atoms with E-state index in [2.05, 4.69) is 5.32 Å². The van der Waals surface area contributed by atoms with Crippen LogP contribution in [0.5, 0.6) is 0 Å². The minimum absolute atomic E-state index is 0.0423. The summed E-state index contributed by atoms with van der Waals surface area (Å²) in [6.07, 6.45) is 0. The minimum atomic E-state index is -0.342. The molecule has 0 spiro atoms. The number of aromatic nitrogens is 1. The summed E-state index contributed by atoms with van der Waals surface area (Å²) in [6, 6.07) is 8.81. The van der Waals surface area contributed by atoms with E-state index < -0.39 is 0 Å². The van der Waals surface area contributed by atoms with Crippen LogP contribution in [0.15, 0.2) is 30.3 Å². The summed E-state index contributed by atoms with van der Waals surface area (Å²) in [6.45, 7) is 6.25. The lowest BCUT2D eigenvalue weighted by atomic mass is 10.1. The summed E-state index contributed by atoms with van der Waals surface area (Å²) in [5, 5.41) is 3.09. The van der Waals surface area contributed by atoms with Gasteiger partial charge < -0.3 is 14.6 Å². The van der Waals surface area contributed by atoms with E-state index in [-0.39, 0.29) is 18.3 Å². The van der Waals surface area contributed by atoms with Crippen molar-refractivity contribution >= 4 is 17.4 Å². The van der Waals surface area contributed by atoms with Crippen molar-refractivity contribution in [1.29, 1.82) is 0 Å². The molecule has 5 heteroatoms. The number of hydrogen-bond donors (Lipinski definition) is 1. The predicted molar refractivity (Wildman–Crippen MR) is 90.1 cm³/mol. The fourth-order valence-electron chi connectivity index (χ4n) is 2.35. The van der Waals surface area contributed by atoms with Crippen molar-refractivity contribution in [2.45, 2.75) is 20.8 Å². The molecule has 0 saturated carbocycles. The Labute approximate surface area is 136 Å². The molecule has 0 aliphatic heterocycles. The number of Topliss-reactive ketones (excluding diaryl/α,β-unsaturated/α-hetero) is 1. The predicted octanol–water partition coefficient (Wildman–Crippen LogP) is 3.11. The molecule has 0 aliphatic carbocycles. The molecule has 0 amide bonds. The average molecular weight is 314 g/mol. The summed E-state index contributed by atoms with van der Waals surface area (Å²) in [4.78, 5) is 23.9. The number of rotatable bonds is 6. The van der Waals surface area contributed by atoms with Crippen LogP contribution in [0.1, 0.15) is 39.0 Å². The lowest BCUT2D eigenvalue weighted by Gasteiger charge is -2.07. The van der Waals surface area contributed by atoms with Gasteiger partial charge in [0.15, 0.2) is 5.78 Å². The SMILES string of the molecule is CCOC(=O)c1ccc(NCC(=O)c2cc(C)n(C)c2C)cc1. The van der Waals surface area contributed by atoms with E-state index in [9.17, 15) is 9.59 Å². The Morgan fingerprint density at radius 2 is 1.83 bits per heavy atom. The van der Waals surface area contributed by atoms with Crippen LogP contribution in [-0.4, -0.2) is 29.5 Å². The largest absolute Gasteiger partial charge is 0.462 e. The van der Waals surface area contributed by atoms with Crippen LogP contribution < -0.4 is 5.32 Å². The van der Waals surface area contributed by atoms with Gasteiger partial charge in [-0.3, -0.25) is 4.79 Å². The third kappa shape index (κ3) is 3.80. The fourth-order valence-corrected chi connectivity index (χ4v) is 2.35. The average Bonchev–Trinajstić information content (AvgIpc) is 2.81. The number of ether oxygens (including phenoxy) is 1. The second-order valence-electron chi connectivity index (χ2n) is 5.42. The van der Waals surface area contributed by atoms with Crippen LogP contribution in [-0.2, 0) is 11.8 Å². The molecule has 0 bridgehead atoms. The first-order valence-electron chi connectivity index (χ1n) is 7.61. The number of aryl methyl sites for hydroxylation is 1. The van der Waals surface area contributed by atoms with E-state index in [0.717, 1.165) is 22.6 Å². The number of anilines is 1. The molecule has 0 aliphatic rings. The van der Waals surface area contributed by atoms with Crippen molar-refractivity contribution in [3.8, 4) is 0 Å². The summed E-state index contributed by atoms with van der Waals surface area (Å²) in [7, 11) is 1.95. The van der Waals surface area contributed by atoms with Crippen LogP contribution in [0.25, 0.3) is 0 Å². The molecule has 1 aromatic carbocycles. The zero-order valence-electron chi connectivity index (χ0n) is 14.0. The Hall–Kier alpha value is -2.56. The quantitative estimate of drug-likeness (QED) is 0.657. The van der Waals surface area contributed by atoms with Crippen LogP contribution in [0.2, 0.25) is 0 Å². The molecule has 23 heavy (non-hydrogen) atoms. The highest BCUT2D eigenvalue weighted by atomic mass is 16.5. The number of esters is 1. The highest BCUT2D eigenvalue weighted by Gasteiger charge is 2.13. The lowest BCUT2D eigenvalue weighted by Crippen LogP contribution is -2.15. The summed E-state index contributed by atoms with van der Waals surface area (Å²) in [5.41, 5.74) is 4.05. The summed E-state index contributed by atoms with van der Waals surface area (Å²) < 4.78 is 6.94. The zero-order chi connectivity index (χ0) is 17.0. The third-order valence-electron chi connectivity index (χ3n) is 3.92. The summed E-state index contributed by atoms with van der Waals surface area (Å²) in [5.74, 6) is -0.300. The Morgan fingerprint density at radius 1 is 1.17 bits per heavy atom. The van der Waals surface area contributed by atoms with Gasteiger partial charge in [-0.2, -0.15) is 0 Å². The highest BCUT2D eigenvalue weighted by Crippen LogP contribution is 2.15. The molecule has 0 saturated heterocycles. The molecular weight excluding hydrogens is 292 g/mol. The van der Waals surface area contributed by atoms with Crippen molar-refractivity contribution in [2.75, 3.05) is 18.5 Å². The first-order valence-corrected chi connectivity index (χ1v) is 7.61. The monoisotopic (exact) mass is 314 g/mol. The smallest absolute Gasteiger partial charge is 0.338 e. The highest BCUT2D eigenvalue weighted by molar-refractivity contribution is 6.00. The van der Waals surface area contributed by atoms with Crippen LogP contribution in [0, 0.1) is 13.8 Å². The topological polar surface area (TPSA) is 60.3 Å². The van der Waals surface area contributed by atoms with Gasteiger partial charge in [-0.25, -0.2) is 4.79 Å². The number of carbonyl (C=O) groups is 2. The molecule has 5 nitrogen and oxygen atoms in total. The van der Waals surface area contributed by atoms with Crippen molar-refractivity contribution < 1.29 is 14.3 Å². The van der Waals surface area contributed by atoms with E-state index in [1.807, 2.05) is 31.5 Å². The number of nitrogens with one attached hydrogen (secondary N) is 1. The summed E-state index contributed by atoms with van der Waals surface area (Å²) >= 11 is 0. The van der Waals surface area contributed by atoms with Crippen LogP contribution in [0.4, 0.5) is 5.69 Å². The van der Waals surface area contributed by atoms with Gasteiger partial charge in [-0.05, 0) is 51.1 Å². The minimum Gasteiger partial charge on any atom is -0.462 e. The molecule has 122 valence electrons. The second-order valence-corrected chi connectivity index (χ2v) is 5.42. The van der Waals surface area contributed by atoms with E-state index in [1.165, 1.54) is 0 Å². The lowest BCUT2D eigenvalue weighted by molar-refractivity contribution is 0.0526. The van der Waals surface area contributed by atoms with Crippen molar-refractivity contribution in [3.63, 3.8) is 0 Å². The Bertz CT molecular complexity index is 715. The Morgan fingerprint density at radius 3 is 2.35 bits per heavy atom. The Balaban J connectivity index is 1.99. The van der Waals surface area contributed by atoms with Crippen LogP contribution >= 0.6 is 0 Å². The maximum Gasteiger partial charge on any atom is 0.338 e. The fraction of sp³-hybridized carbons (Fsp3) is 0.333. The van der Waals surface area contributed by atoms with E-state index in [0.29, 0.717) is 12.2 Å². The molecule has 1 heterocycles. The molecule has 1 N–H and O–H groups in total. The van der Waals surface area contributed by atoms with Gasteiger partial charge in [0, 0.05) is 29.7 Å². The maximum atomic E-state index is 12.3. The first kappa shape index (κ1) is 16.8. The van der Waals surface area contributed by atoms with Crippen molar-refractivity contribution in [1.82, 2.24) is 4.57 Å². The van der Waals surface area contributed by atoms with Gasteiger partial charge >= 0.3 is 5.97 Å². The van der Waals surface area contributed by atoms with Gasteiger partial charge in [0.2, 0.25) is 0 Å². The Kier molecular flexibility index (Phi) is 5.21. The van der Waals surface area contributed by atoms with E-state index >= 15 is 0 Å². The van der Waals surface area contributed by atoms with Gasteiger partial charge in [0.05, 0.1) is 18.7 Å². The van der Waals surface area contributed by atoms with Gasteiger partial charge in [-0.15, -0.1) is 0 Å². The first-order chi connectivity index (χ1) is 10.9. The molecule has 0 atom stereocenters. The third-order valence-corrected chi connectivity index (χ3v) is 3.92. The molecule has 0 unspecified atom stereocenters. The maximum absolute atomic E-state index is 12.3. The molecule has 2 rings (SSSR count). The molecule has 1 aromatic heterocycles. The number of carbonyl (C=O) groups excluding carboxylic acids is 2. The second kappa shape index (κ2) is 7.13. The molecular formula is C18H22N2O3. The number of hydrogen-bond acceptors (Lipinski definition) is 4.